The van der Waals surface area contributed by atoms with Crippen molar-refractivity contribution in [3.05, 3.63) is 35.9 Å². The van der Waals surface area contributed by atoms with Gasteiger partial charge in [0, 0.05) is 38.3 Å². The van der Waals surface area contributed by atoms with E-state index in [-0.39, 0.29) is 36.3 Å². The van der Waals surface area contributed by atoms with Crippen LogP contribution in [0.15, 0.2) is 35.3 Å². The summed E-state index contributed by atoms with van der Waals surface area (Å²) in [5, 5.41) is 6.78. The number of hydrogen-bond donors (Lipinski definition) is 3. The number of guanidine groups is 1. The Hall–Kier alpha value is -0.910. The van der Waals surface area contributed by atoms with Gasteiger partial charge in [-0.3, -0.25) is 9.89 Å². The second-order valence-corrected chi connectivity index (χ2v) is 10.8. The summed E-state index contributed by atoms with van der Waals surface area (Å²) >= 11 is 0. The SMILES string of the molecule is CCNC(=NCCS(=O)(=O)NCC1CCC1)NC1CCN(Cc2ccccc2)C(C)C1.I. The van der Waals surface area contributed by atoms with Crippen LogP contribution in [0.1, 0.15) is 51.5 Å². The molecule has 0 amide bonds. The second-order valence-electron chi connectivity index (χ2n) is 8.90. The highest BCUT2D eigenvalue weighted by molar-refractivity contribution is 14.0. The molecule has 0 aromatic heterocycles. The number of nitrogens with one attached hydrogen (secondary N) is 3. The van der Waals surface area contributed by atoms with Gasteiger partial charge in [0.2, 0.25) is 10.0 Å². The molecule has 1 aromatic carbocycles. The zero-order chi connectivity index (χ0) is 22.1. The molecular formula is C23H40IN5O2S. The van der Waals surface area contributed by atoms with Gasteiger partial charge in [-0.15, -0.1) is 24.0 Å². The van der Waals surface area contributed by atoms with Crippen LogP contribution in [-0.2, 0) is 16.6 Å². The summed E-state index contributed by atoms with van der Waals surface area (Å²) in [6, 6.07) is 11.4. The average Bonchev–Trinajstić information content (AvgIpc) is 2.69. The molecule has 1 aliphatic carbocycles. The first-order chi connectivity index (χ1) is 14.9. The zero-order valence-corrected chi connectivity index (χ0v) is 22.6. The molecule has 2 fully saturated rings. The van der Waals surface area contributed by atoms with Crippen LogP contribution < -0.4 is 15.4 Å². The van der Waals surface area contributed by atoms with Crippen molar-refractivity contribution in [2.45, 2.75) is 64.6 Å². The topological polar surface area (TPSA) is 85.8 Å². The predicted octanol–water partition coefficient (Wildman–Crippen LogP) is 2.93. The monoisotopic (exact) mass is 577 g/mol. The third-order valence-corrected chi connectivity index (χ3v) is 7.70. The van der Waals surface area contributed by atoms with Crippen LogP contribution in [0.4, 0.5) is 0 Å². The summed E-state index contributed by atoms with van der Waals surface area (Å²) in [6.45, 7) is 7.91. The molecule has 2 aliphatic rings. The fraction of sp³-hybridized carbons (Fsp3) is 0.696. The van der Waals surface area contributed by atoms with Gasteiger partial charge in [-0.1, -0.05) is 36.8 Å². The third-order valence-electron chi connectivity index (χ3n) is 6.37. The molecule has 0 spiro atoms. The predicted molar refractivity (Wildman–Crippen MR) is 143 cm³/mol. The van der Waals surface area contributed by atoms with Crippen molar-refractivity contribution in [1.82, 2.24) is 20.3 Å². The third kappa shape index (κ3) is 9.15. The smallest absolute Gasteiger partial charge is 0.213 e. The molecule has 2 atom stereocenters. The van der Waals surface area contributed by atoms with Gasteiger partial charge in [0.05, 0.1) is 12.3 Å². The number of benzene rings is 1. The van der Waals surface area contributed by atoms with Crippen molar-refractivity contribution >= 4 is 40.0 Å². The molecule has 3 N–H and O–H groups in total. The molecule has 182 valence electrons. The van der Waals surface area contributed by atoms with E-state index in [1.165, 1.54) is 12.0 Å². The number of halogens is 1. The second kappa shape index (κ2) is 13.7. The lowest BCUT2D eigenvalue weighted by Crippen LogP contribution is -2.51. The number of aliphatic imine (C=N–C) groups is 1. The van der Waals surface area contributed by atoms with E-state index in [4.69, 9.17) is 0 Å². The Morgan fingerprint density at radius 2 is 1.94 bits per heavy atom. The first-order valence-electron chi connectivity index (χ1n) is 11.8. The largest absolute Gasteiger partial charge is 0.357 e. The van der Waals surface area contributed by atoms with Crippen molar-refractivity contribution in [2.24, 2.45) is 10.9 Å². The van der Waals surface area contributed by atoms with Gasteiger partial charge < -0.3 is 10.6 Å². The number of hydrogen-bond acceptors (Lipinski definition) is 4. The Bertz CT molecular complexity index is 802. The molecule has 1 heterocycles. The van der Waals surface area contributed by atoms with E-state index in [2.05, 4.69) is 62.5 Å². The van der Waals surface area contributed by atoms with Crippen LogP contribution in [-0.4, -0.2) is 63.3 Å². The zero-order valence-electron chi connectivity index (χ0n) is 19.4. The molecule has 32 heavy (non-hydrogen) atoms. The van der Waals surface area contributed by atoms with Crippen molar-refractivity contribution < 1.29 is 8.42 Å². The molecule has 0 radical (unpaired) electrons. The molecule has 1 aromatic rings. The maximum absolute atomic E-state index is 12.2. The highest BCUT2D eigenvalue weighted by Gasteiger charge is 2.26. The number of likely N-dealkylation sites (tertiary alicyclic amines) is 1. The number of rotatable bonds is 10. The van der Waals surface area contributed by atoms with Gasteiger partial charge in [0.15, 0.2) is 5.96 Å². The maximum Gasteiger partial charge on any atom is 0.213 e. The highest BCUT2D eigenvalue weighted by atomic mass is 127. The minimum Gasteiger partial charge on any atom is -0.357 e. The van der Waals surface area contributed by atoms with Gasteiger partial charge in [-0.05, 0) is 51.0 Å². The average molecular weight is 578 g/mol. The highest BCUT2D eigenvalue weighted by Crippen LogP contribution is 2.25. The van der Waals surface area contributed by atoms with Crippen molar-refractivity contribution in [3.8, 4) is 0 Å². The van der Waals surface area contributed by atoms with Crippen LogP contribution in [0, 0.1) is 5.92 Å². The van der Waals surface area contributed by atoms with Crippen LogP contribution in [0.25, 0.3) is 0 Å². The maximum atomic E-state index is 12.2. The van der Waals surface area contributed by atoms with E-state index in [0.717, 1.165) is 45.3 Å². The Kier molecular flexibility index (Phi) is 11.7. The fourth-order valence-electron chi connectivity index (χ4n) is 4.21. The molecular weight excluding hydrogens is 537 g/mol. The Morgan fingerprint density at radius 1 is 1.19 bits per heavy atom. The van der Waals surface area contributed by atoms with E-state index in [0.29, 0.717) is 30.5 Å². The van der Waals surface area contributed by atoms with Gasteiger partial charge in [-0.25, -0.2) is 13.1 Å². The molecule has 1 saturated heterocycles. The fourth-order valence-corrected chi connectivity index (χ4v) is 5.18. The van der Waals surface area contributed by atoms with Crippen molar-refractivity contribution in [2.75, 3.05) is 31.9 Å². The lowest BCUT2D eigenvalue weighted by Gasteiger charge is -2.38. The van der Waals surface area contributed by atoms with E-state index in [1.807, 2.05) is 6.92 Å². The Balaban J connectivity index is 0.00000363. The summed E-state index contributed by atoms with van der Waals surface area (Å²) in [4.78, 5) is 7.05. The number of sulfonamides is 1. The normalized spacial score (nSPS) is 22.6. The summed E-state index contributed by atoms with van der Waals surface area (Å²) in [7, 11) is -3.26. The molecule has 2 unspecified atom stereocenters. The number of piperidine rings is 1. The Labute approximate surface area is 211 Å². The quantitative estimate of drug-likeness (QED) is 0.226. The first kappa shape index (κ1) is 27.3. The van der Waals surface area contributed by atoms with E-state index in [1.54, 1.807) is 0 Å². The molecule has 9 heteroatoms. The van der Waals surface area contributed by atoms with Crippen LogP contribution in [0.5, 0.6) is 0 Å². The summed E-state index contributed by atoms with van der Waals surface area (Å²) < 4.78 is 27.1. The molecule has 1 saturated carbocycles. The van der Waals surface area contributed by atoms with Gasteiger partial charge >= 0.3 is 0 Å². The van der Waals surface area contributed by atoms with E-state index < -0.39 is 10.0 Å². The van der Waals surface area contributed by atoms with Crippen molar-refractivity contribution in [1.29, 1.82) is 0 Å². The van der Waals surface area contributed by atoms with E-state index in [9.17, 15) is 8.42 Å². The first-order valence-corrected chi connectivity index (χ1v) is 13.4. The molecule has 7 nitrogen and oxygen atoms in total. The molecule has 1 aliphatic heterocycles. The molecule has 3 rings (SSSR count). The lowest BCUT2D eigenvalue weighted by molar-refractivity contribution is 0.134. The van der Waals surface area contributed by atoms with Crippen molar-refractivity contribution in [3.63, 3.8) is 0 Å². The molecule has 0 bridgehead atoms. The van der Waals surface area contributed by atoms with Crippen LogP contribution in [0.3, 0.4) is 0 Å². The lowest BCUT2D eigenvalue weighted by atomic mass is 9.86. The summed E-state index contributed by atoms with van der Waals surface area (Å²) in [6.07, 6.45) is 5.58. The minimum atomic E-state index is -3.26. The number of nitrogens with zero attached hydrogens (tertiary/aromatic N) is 2. The van der Waals surface area contributed by atoms with E-state index >= 15 is 0 Å². The van der Waals surface area contributed by atoms with Gasteiger partial charge in [-0.2, -0.15) is 0 Å². The van der Waals surface area contributed by atoms with Crippen LogP contribution >= 0.6 is 24.0 Å². The van der Waals surface area contributed by atoms with Crippen LogP contribution in [0.2, 0.25) is 0 Å². The summed E-state index contributed by atoms with van der Waals surface area (Å²) in [5.74, 6) is 1.26. The standard InChI is InChI=1S/C23H39N5O2S.HI/c1-3-24-23(25-13-15-31(29,30)26-17-20-10-7-11-20)27-22-12-14-28(19(2)16-22)18-21-8-5-4-6-9-21;/h4-6,8-9,19-20,22,26H,3,7,10-18H2,1-2H3,(H2,24,25,27);1H. The summed E-state index contributed by atoms with van der Waals surface area (Å²) in [5.41, 5.74) is 1.35. The van der Waals surface area contributed by atoms with Gasteiger partial charge in [0.25, 0.3) is 0 Å². The Morgan fingerprint density at radius 3 is 2.56 bits per heavy atom. The minimum absolute atomic E-state index is 0. The van der Waals surface area contributed by atoms with Gasteiger partial charge in [0.1, 0.15) is 0 Å².